The normalized spacial score (nSPS) is 13.6. The van der Waals surface area contributed by atoms with E-state index in [0.29, 0.717) is 6.54 Å². The van der Waals surface area contributed by atoms with Crippen molar-refractivity contribution in [1.29, 1.82) is 0 Å². The molecule has 1 amide bonds. The number of halogens is 1. The predicted octanol–water partition coefficient (Wildman–Crippen LogP) is 7.17. The molecule has 0 unspecified atom stereocenters. The van der Waals surface area contributed by atoms with Crippen molar-refractivity contribution >= 4 is 56.3 Å². The molecule has 5 aromatic rings. The first kappa shape index (κ1) is 26.0. The van der Waals surface area contributed by atoms with Gasteiger partial charge in [-0.05, 0) is 62.7 Å². The molecule has 194 valence electrons. The van der Waals surface area contributed by atoms with E-state index in [1.54, 1.807) is 0 Å². The maximum absolute atomic E-state index is 13.8. The van der Waals surface area contributed by atoms with Gasteiger partial charge in [0.1, 0.15) is 0 Å². The Morgan fingerprint density at radius 3 is 2.18 bits per heavy atom. The van der Waals surface area contributed by atoms with Gasteiger partial charge in [0.25, 0.3) is 5.91 Å². The monoisotopic (exact) mass is 523 g/mol. The van der Waals surface area contributed by atoms with E-state index in [2.05, 4.69) is 107 Å². The second-order valence-electron chi connectivity index (χ2n) is 9.94. The Kier molecular flexibility index (Phi) is 7.82. The predicted molar refractivity (Wildman–Crippen MR) is 164 cm³/mol. The van der Waals surface area contributed by atoms with Gasteiger partial charge in [-0.25, -0.2) is 0 Å². The van der Waals surface area contributed by atoms with E-state index in [-0.39, 0.29) is 18.3 Å². The maximum atomic E-state index is 13.8. The molecule has 0 saturated carbocycles. The molecule has 0 aliphatic carbocycles. The molecule has 0 atom stereocenters. The minimum atomic E-state index is 0. The van der Waals surface area contributed by atoms with Gasteiger partial charge >= 0.3 is 0 Å². The molecule has 0 aromatic heterocycles. The van der Waals surface area contributed by atoms with E-state index in [1.807, 2.05) is 0 Å². The first-order valence-electron chi connectivity index (χ1n) is 13.5. The van der Waals surface area contributed by atoms with E-state index >= 15 is 0 Å². The van der Waals surface area contributed by atoms with Crippen LogP contribution in [0.25, 0.3) is 43.4 Å². The number of hydrogen-bond acceptors (Lipinski definition) is 3. The smallest absolute Gasteiger partial charge is 0.253 e. The Hall–Kier alpha value is -3.60. The second kappa shape index (κ2) is 11.4. The second-order valence-corrected chi connectivity index (χ2v) is 9.94. The van der Waals surface area contributed by atoms with Crippen LogP contribution >= 0.6 is 12.4 Å². The van der Waals surface area contributed by atoms with Crippen LogP contribution in [0, 0.1) is 0 Å². The van der Waals surface area contributed by atoms with Crippen LogP contribution in [-0.2, 0) is 0 Å². The lowest BCUT2D eigenvalue weighted by Gasteiger charge is -2.33. The number of unbranched alkanes of at least 4 members (excludes halogenated alkanes) is 1. The Morgan fingerprint density at radius 1 is 0.789 bits per heavy atom. The van der Waals surface area contributed by atoms with Gasteiger partial charge in [0.2, 0.25) is 0 Å². The van der Waals surface area contributed by atoms with Gasteiger partial charge in [-0.3, -0.25) is 4.79 Å². The molecule has 1 heterocycles. The molecule has 38 heavy (non-hydrogen) atoms. The van der Waals surface area contributed by atoms with Gasteiger partial charge in [0.15, 0.2) is 0 Å². The zero-order valence-electron chi connectivity index (χ0n) is 21.8. The SMILES string of the molecule is CCCCNC(=O)c1cc(-c2cccc3ccccc23)c2cc3ccccc3cc2c1N1CCNCC1.Cl. The number of benzene rings is 5. The van der Waals surface area contributed by atoms with Gasteiger partial charge in [-0.15, -0.1) is 12.4 Å². The van der Waals surface area contributed by atoms with Crippen LogP contribution < -0.4 is 15.5 Å². The highest BCUT2D eigenvalue weighted by atomic mass is 35.5. The molecular weight excluding hydrogens is 490 g/mol. The highest BCUT2D eigenvalue weighted by Gasteiger charge is 2.24. The number of rotatable bonds is 6. The molecule has 1 aliphatic rings. The van der Waals surface area contributed by atoms with Crippen molar-refractivity contribution < 1.29 is 4.79 Å². The van der Waals surface area contributed by atoms with E-state index in [4.69, 9.17) is 0 Å². The zero-order valence-corrected chi connectivity index (χ0v) is 22.6. The van der Waals surface area contributed by atoms with Gasteiger partial charge in [-0.1, -0.05) is 80.1 Å². The summed E-state index contributed by atoms with van der Waals surface area (Å²) >= 11 is 0. The third-order valence-corrected chi connectivity index (χ3v) is 7.55. The standard InChI is InChI=1S/C33H33N3O.ClH/c1-2-3-15-35-33(37)31-22-29(27-14-8-12-23-9-6-7-13-26(23)27)28-20-24-10-4-5-11-25(24)21-30(28)32(31)36-18-16-34-17-19-36;/h4-14,20-22,34H,2-3,15-19H2,1H3,(H,35,37);1H. The average Bonchev–Trinajstić information content (AvgIpc) is 2.95. The number of amides is 1. The number of fused-ring (bicyclic) bond motifs is 3. The summed E-state index contributed by atoms with van der Waals surface area (Å²) in [6.45, 7) is 6.43. The lowest BCUT2D eigenvalue weighted by atomic mass is 9.89. The van der Waals surface area contributed by atoms with Gasteiger partial charge < -0.3 is 15.5 Å². The Labute approximate surface area is 230 Å². The molecule has 0 bridgehead atoms. The van der Waals surface area contributed by atoms with E-state index in [9.17, 15) is 4.79 Å². The van der Waals surface area contributed by atoms with E-state index in [0.717, 1.165) is 66.8 Å². The van der Waals surface area contributed by atoms with Gasteiger partial charge in [0, 0.05) is 38.1 Å². The number of hydrogen-bond donors (Lipinski definition) is 2. The van der Waals surface area contributed by atoms with Crippen molar-refractivity contribution in [3.05, 3.63) is 90.5 Å². The summed E-state index contributed by atoms with van der Waals surface area (Å²) in [7, 11) is 0. The molecule has 5 heteroatoms. The van der Waals surface area contributed by atoms with Crippen molar-refractivity contribution in [3.8, 4) is 11.1 Å². The molecule has 1 fully saturated rings. The highest BCUT2D eigenvalue weighted by molar-refractivity contribution is 6.18. The minimum absolute atomic E-state index is 0. The molecular formula is C33H34ClN3O. The number of carbonyl (C=O) groups excluding carboxylic acids is 1. The van der Waals surface area contributed by atoms with Crippen molar-refractivity contribution in [3.63, 3.8) is 0 Å². The lowest BCUT2D eigenvalue weighted by Crippen LogP contribution is -2.44. The first-order valence-corrected chi connectivity index (χ1v) is 13.5. The average molecular weight is 524 g/mol. The van der Waals surface area contributed by atoms with E-state index < -0.39 is 0 Å². The topological polar surface area (TPSA) is 44.4 Å². The third kappa shape index (κ3) is 4.82. The summed E-state index contributed by atoms with van der Waals surface area (Å²) in [4.78, 5) is 16.2. The van der Waals surface area contributed by atoms with Crippen LogP contribution in [0.5, 0.6) is 0 Å². The summed E-state index contributed by atoms with van der Waals surface area (Å²) in [5.41, 5.74) is 4.09. The maximum Gasteiger partial charge on any atom is 0.253 e. The van der Waals surface area contributed by atoms with Crippen molar-refractivity contribution in [2.75, 3.05) is 37.6 Å². The van der Waals surface area contributed by atoms with Crippen molar-refractivity contribution in [2.24, 2.45) is 0 Å². The molecule has 2 N–H and O–H groups in total. The first-order chi connectivity index (χ1) is 18.2. The zero-order chi connectivity index (χ0) is 25.2. The van der Waals surface area contributed by atoms with Crippen LogP contribution in [0.2, 0.25) is 0 Å². The van der Waals surface area contributed by atoms with Crippen molar-refractivity contribution in [2.45, 2.75) is 19.8 Å². The number of nitrogens with one attached hydrogen (secondary N) is 2. The largest absolute Gasteiger partial charge is 0.368 e. The van der Waals surface area contributed by atoms with Crippen LogP contribution in [-0.4, -0.2) is 38.6 Å². The summed E-state index contributed by atoms with van der Waals surface area (Å²) in [6.07, 6.45) is 2.03. The van der Waals surface area contributed by atoms with Gasteiger partial charge in [-0.2, -0.15) is 0 Å². The Morgan fingerprint density at radius 2 is 1.45 bits per heavy atom. The van der Waals surface area contributed by atoms with Crippen LogP contribution in [0.4, 0.5) is 5.69 Å². The molecule has 5 aromatic carbocycles. The number of piperazine rings is 1. The minimum Gasteiger partial charge on any atom is -0.368 e. The number of carbonyl (C=O) groups is 1. The van der Waals surface area contributed by atoms with Crippen LogP contribution in [0.1, 0.15) is 30.1 Å². The number of anilines is 1. The van der Waals surface area contributed by atoms with E-state index in [1.165, 1.54) is 26.9 Å². The van der Waals surface area contributed by atoms with Crippen LogP contribution in [0.3, 0.4) is 0 Å². The molecule has 1 aliphatic heterocycles. The lowest BCUT2D eigenvalue weighted by molar-refractivity contribution is 0.0953. The molecule has 0 spiro atoms. The quantitative estimate of drug-likeness (QED) is 0.183. The summed E-state index contributed by atoms with van der Waals surface area (Å²) in [5, 5.41) is 13.8. The fourth-order valence-electron chi connectivity index (χ4n) is 5.65. The fraction of sp³-hybridized carbons (Fsp3) is 0.242. The fourth-order valence-corrected chi connectivity index (χ4v) is 5.65. The van der Waals surface area contributed by atoms with Crippen molar-refractivity contribution in [1.82, 2.24) is 10.6 Å². The summed E-state index contributed by atoms with van der Waals surface area (Å²) < 4.78 is 0. The molecule has 0 radical (unpaired) electrons. The number of nitrogens with zero attached hydrogens (tertiary/aromatic N) is 1. The molecule has 6 rings (SSSR count). The molecule has 1 saturated heterocycles. The van der Waals surface area contributed by atoms with Gasteiger partial charge in [0.05, 0.1) is 11.3 Å². The Balaban J connectivity index is 0.00000294. The third-order valence-electron chi connectivity index (χ3n) is 7.55. The summed E-state index contributed by atoms with van der Waals surface area (Å²) in [5.74, 6) is 0.0125. The highest BCUT2D eigenvalue weighted by Crippen LogP contribution is 2.42. The summed E-state index contributed by atoms with van der Waals surface area (Å²) in [6, 6.07) is 30.3. The molecule has 4 nitrogen and oxygen atoms in total. The van der Waals surface area contributed by atoms with Crippen LogP contribution in [0.15, 0.2) is 84.9 Å². The Bertz CT molecular complexity index is 1600.